The van der Waals surface area contributed by atoms with Crippen LogP contribution in [0.15, 0.2) is 53.6 Å². The van der Waals surface area contributed by atoms with Gasteiger partial charge >= 0.3 is 0 Å². The zero-order chi connectivity index (χ0) is 20.0. The van der Waals surface area contributed by atoms with Crippen LogP contribution in [0.2, 0.25) is 10.0 Å². The van der Waals surface area contributed by atoms with Gasteiger partial charge in [0, 0.05) is 38.7 Å². The van der Waals surface area contributed by atoms with E-state index in [4.69, 9.17) is 28.7 Å². The van der Waals surface area contributed by atoms with Crippen LogP contribution in [-0.4, -0.2) is 35.7 Å². The second-order valence-corrected chi connectivity index (χ2v) is 7.58. The van der Waals surface area contributed by atoms with Crippen LogP contribution in [0.25, 0.3) is 10.4 Å². The summed E-state index contributed by atoms with van der Waals surface area (Å²) in [6, 6.07) is 14.2. The molecule has 1 fully saturated rings. The SMILES string of the molecule is [N-]=[N+]=NC[C@@H]1CCCN1CC#CC(O)(c1ccc(Cl)cc1)c1ccc(Cl)cc1. The molecule has 0 aliphatic carbocycles. The maximum atomic E-state index is 11.5. The smallest absolute Gasteiger partial charge is 0.176 e. The van der Waals surface area contributed by atoms with Gasteiger partial charge in [-0.3, -0.25) is 4.90 Å². The molecule has 0 bridgehead atoms. The van der Waals surface area contributed by atoms with Crippen molar-refractivity contribution in [2.75, 3.05) is 19.6 Å². The summed E-state index contributed by atoms with van der Waals surface area (Å²) >= 11 is 12.0. The van der Waals surface area contributed by atoms with Crippen LogP contribution >= 0.6 is 23.2 Å². The number of hydrogen-bond acceptors (Lipinski definition) is 3. The van der Waals surface area contributed by atoms with E-state index in [1.54, 1.807) is 48.5 Å². The highest BCUT2D eigenvalue weighted by molar-refractivity contribution is 6.30. The van der Waals surface area contributed by atoms with Crippen LogP contribution in [0.5, 0.6) is 0 Å². The number of halogens is 2. The van der Waals surface area contributed by atoms with Crippen LogP contribution in [0.4, 0.5) is 0 Å². The first kappa shape index (κ1) is 20.5. The molecule has 1 saturated heterocycles. The Balaban J connectivity index is 1.88. The van der Waals surface area contributed by atoms with Gasteiger partial charge in [0.2, 0.25) is 0 Å². The highest BCUT2D eigenvalue weighted by atomic mass is 35.5. The Morgan fingerprint density at radius 1 is 1.11 bits per heavy atom. The fourth-order valence-corrected chi connectivity index (χ4v) is 3.65. The maximum absolute atomic E-state index is 11.5. The van der Waals surface area contributed by atoms with E-state index in [0.717, 1.165) is 19.4 Å². The van der Waals surface area contributed by atoms with Gasteiger partial charge in [0.25, 0.3) is 0 Å². The van der Waals surface area contributed by atoms with E-state index in [1.165, 1.54) is 0 Å². The standard InChI is InChI=1S/C21H20Cl2N4O/c22-18-8-4-16(5-9-18)21(28,17-6-10-19(23)11-7-17)12-2-14-27-13-1-3-20(27)15-25-26-24/h4-11,20,28H,1,3,13-15H2/t20-/m0/s1. The molecule has 5 nitrogen and oxygen atoms in total. The largest absolute Gasteiger partial charge is 0.369 e. The van der Waals surface area contributed by atoms with Crippen molar-refractivity contribution < 1.29 is 5.11 Å². The lowest BCUT2D eigenvalue weighted by Crippen LogP contribution is -2.32. The summed E-state index contributed by atoms with van der Waals surface area (Å²) in [5.74, 6) is 6.17. The lowest BCUT2D eigenvalue weighted by atomic mass is 9.87. The molecule has 2 aromatic rings. The van der Waals surface area contributed by atoms with Crippen LogP contribution in [0.1, 0.15) is 24.0 Å². The predicted octanol–water partition coefficient (Wildman–Crippen LogP) is 5.01. The lowest BCUT2D eigenvalue weighted by Gasteiger charge is -2.24. The molecule has 1 atom stereocenters. The fourth-order valence-electron chi connectivity index (χ4n) is 3.40. The number of likely N-dealkylation sites (tertiary alicyclic amines) is 1. The van der Waals surface area contributed by atoms with E-state index < -0.39 is 5.60 Å². The third kappa shape index (κ3) is 4.80. The minimum atomic E-state index is -1.48. The zero-order valence-electron chi connectivity index (χ0n) is 15.2. The summed E-state index contributed by atoms with van der Waals surface area (Å²) in [4.78, 5) is 5.03. The summed E-state index contributed by atoms with van der Waals surface area (Å²) in [6.07, 6.45) is 2.03. The molecule has 0 saturated carbocycles. The Bertz CT molecular complexity index is 867. The first-order chi connectivity index (χ1) is 13.5. The molecule has 2 aromatic carbocycles. The van der Waals surface area contributed by atoms with Crippen molar-refractivity contribution in [3.05, 3.63) is 80.1 Å². The van der Waals surface area contributed by atoms with Crippen molar-refractivity contribution >= 4 is 23.2 Å². The van der Waals surface area contributed by atoms with E-state index in [0.29, 0.717) is 34.3 Å². The first-order valence-electron chi connectivity index (χ1n) is 9.02. The van der Waals surface area contributed by atoms with Crippen molar-refractivity contribution in [1.82, 2.24) is 4.90 Å². The highest BCUT2D eigenvalue weighted by Gasteiger charge is 2.30. The average molecular weight is 415 g/mol. The summed E-state index contributed by atoms with van der Waals surface area (Å²) in [5, 5.41) is 16.3. The molecule has 1 heterocycles. The number of benzene rings is 2. The number of azide groups is 1. The minimum absolute atomic E-state index is 0.198. The molecule has 0 radical (unpaired) electrons. The Morgan fingerprint density at radius 3 is 2.21 bits per heavy atom. The van der Waals surface area contributed by atoms with Gasteiger partial charge in [-0.1, -0.05) is 64.4 Å². The summed E-state index contributed by atoms with van der Waals surface area (Å²) in [7, 11) is 0. The van der Waals surface area contributed by atoms with E-state index in [-0.39, 0.29) is 6.04 Å². The molecule has 7 heteroatoms. The molecule has 0 unspecified atom stereocenters. The van der Waals surface area contributed by atoms with Gasteiger partial charge in [0.15, 0.2) is 5.60 Å². The third-order valence-corrected chi connectivity index (χ3v) is 5.43. The average Bonchev–Trinajstić information content (AvgIpc) is 3.14. The van der Waals surface area contributed by atoms with Gasteiger partial charge in [-0.2, -0.15) is 0 Å². The predicted molar refractivity (Wildman–Crippen MR) is 112 cm³/mol. The number of rotatable bonds is 5. The van der Waals surface area contributed by atoms with Gasteiger partial charge in [0.05, 0.1) is 6.54 Å². The quantitative estimate of drug-likeness (QED) is 0.323. The molecule has 28 heavy (non-hydrogen) atoms. The van der Waals surface area contributed by atoms with E-state index >= 15 is 0 Å². The normalized spacial score (nSPS) is 16.9. The first-order valence-corrected chi connectivity index (χ1v) is 9.78. The second-order valence-electron chi connectivity index (χ2n) is 6.71. The second kappa shape index (κ2) is 9.34. The Morgan fingerprint density at radius 2 is 1.68 bits per heavy atom. The van der Waals surface area contributed by atoms with Gasteiger partial charge in [0.1, 0.15) is 0 Å². The van der Waals surface area contributed by atoms with E-state index in [2.05, 4.69) is 26.8 Å². The lowest BCUT2D eigenvalue weighted by molar-refractivity contribution is 0.145. The molecule has 0 spiro atoms. The molecule has 1 aliphatic rings. The monoisotopic (exact) mass is 414 g/mol. The van der Waals surface area contributed by atoms with Gasteiger partial charge in [-0.15, -0.1) is 0 Å². The topological polar surface area (TPSA) is 72.2 Å². The minimum Gasteiger partial charge on any atom is -0.369 e. The van der Waals surface area contributed by atoms with Crippen LogP contribution in [-0.2, 0) is 5.60 Å². The van der Waals surface area contributed by atoms with Crippen LogP contribution in [0.3, 0.4) is 0 Å². The molecule has 1 aliphatic heterocycles. The zero-order valence-corrected chi connectivity index (χ0v) is 16.7. The van der Waals surface area contributed by atoms with Gasteiger partial charge in [-0.25, -0.2) is 0 Å². The van der Waals surface area contributed by atoms with Crippen molar-refractivity contribution in [3.63, 3.8) is 0 Å². The molecule has 144 valence electrons. The molecule has 1 N–H and O–H groups in total. The number of aliphatic hydroxyl groups is 1. The summed E-state index contributed by atoms with van der Waals surface area (Å²) in [6.45, 7) is 1.84. The van der Waals surface area contributed by atoms with Crippen molar-refractivity contribution in [2.24, 2.45) is 5.11 Å². The van der Waals surface area contributed by atoms with Crippen molar-refractivity contribution in [2.45, 2.75) is 24.5 Å². The number of nitrogens with zero attached hydrogens (tertiary/aromatic N) is 4. The van der Waals surface area contributed by atoms with Crippen LogP contribution < -0.4 is 0 Å². The molecule has 3 rings (SSSR count). The third-order valence-electron chi connectivity index (χ3n) is 4.93. The Hall–Kier alpha value is -2.19. The highest BCUT2D eigenvalue weighted by Crippen LogP contribution is 2.31. The van der Waals surface area contributed by atoms with Crippen LogP contribution in [0, 0.1) is 11.8 Å². The van der Waals surface area contributed by atoms with Crippen molar-refractivity contribution in [3.8, 4) is 11.8 Å². The molecule has 0 aromatic heterocycles. The Kier molecular flexibility index (Phi) is 6.85. The number of hydrogen-bond donors (Lipinski definition) is 1. The Labute approximate surface area is 174 Å². The summed E-state index contributed by atoms with van der Waals surface area (Å²) in [5.41, 5.74) is 8.35. The van der Waals surface area contributed by atoms with E-state index in [9.17, 15) is 5.11 Å². The van der Waals surface area contributed by atoms with Crippen molar-refractivity contribution in [1.29, 1.82) is 0 Å². The van der Waals surface area contributed by atoms with Gasteiger partial charge < -0.3 is 5.11 Å². The maximum Gasteiger partial charge on any atom is 0.176 e. The van der Waals surface area contributed by atoms with E-state index in [1.807, 2.05) is 0 Å². The molecular formula is C21H20Cl2N4O. The summed E-state index contributed by atoms with van der Waals surface area (Å²) < 4.78 is 0. The fraction of sp³-hybridized carbons (Fsp3) is 0.333. The van der Waals surface area contributed by atoms with Gasteiger partial charge in [-0.05, 0) is 49.2 Å². The molecular weight excluding hydrogens is 395 g/mol. The molecule has 0 amide bonds.